The summed E-state index contributed by atoms with van der Waals surface area (Å²) >= 11 is 0. The van der Waals surface area contributed by atoms with Gasteiger partial charge in [-0.2, -0.15) is 0 Å². The van der Waals surface area contributed by atoms with Gasteiger partial charge in [0.05, 0.1) is 7.11 Å². The lowest BCUT2D eigenvalue weighted by atomic mass is 10.1. The van der Waals surface area contributed by atoms with Crippen molar-refractivity contribution in [2.24, 2.45) is 5.92 Å². The number of anilines is 2. The van der Waals surface area contributed by atoms with Crippen molar-refractivity contribution < 1.29 is 18.7 Å². The minimum Gasteiger partial charge on any atom is -0.493 e. The summed E-state index contributed by atoms with van der Waals surface area (Å²) in [6.07, 6.45) is 0.482. The number of carbonyl (C=O) groups excluding carboxylic acids is 1. The van der Waals surface area contributed by atoms with Gasteiger partial charge in [-0.1, -0.05) is 44.2 Å². The molecule has 3 rings (SSSR count). The molecule has 0 spiro atoms. The summed E-state index contributed by atoms with van der Waals surface area (Å²) < 4.78 is 24.7. The monoisotopic (exact) mass is 436 g/mol. The topological polar surface area (TPSA) is 59.6 Å². The van der Waals surface area contributed by atoms with E-state index in [0.717, 1.165) is 22.5 Å². The van der Waals surface area contributed by atoms with Gasteiger partial charge in [0.1, 0.15) is 12.4 Å². The molecule has 0 aromatic heterocycles. The molecule has 1 amide bonds. The number of benzene rings is 3. The summed E-state index contributed by atoms with van der Waals surface area (Å²) in [7, 11) is 1.60. The molecule has 168 valence electrons. The van der Waals surface area contributed by atoms with Crippen molar-refractivity contribution in [3.8, 4) is 11.5 Å². The van der Waals surface area contributed by atoms with Crippen molar-refractivity contribution >= 4 is 17.3 Å². The molecule has 0 saturated carbocycles. The second-order valence-electron chi connectivity index (χ2n) is 7.94. The van der Waals surface area contributed by atoms with E-state index in [9.17, 15) is 9.18 Å². The van der Waals surface area contributed by atoms with E-state index >= 15 is 0 Å². The largest absolute Gasteiger partial charge is 0.493 e. The quantitative estimate of drug-likeness (QED) is 0.409. The van der Waals surface area contributed by atoms with Crippen LogP contribution in [0.4, 0.5) is 15.8 Å². The van der Waals surface area contributed by atoms with E-state index < -0.39 is 0 Å². The first-order chi connectivity index (χ1) is 15.4. The standard InChI is InChI=1S/C26H29FN2O3/c1-18(2)14-25(30)29-23-8-5-7-22(15-23)28-16-20-6-4-9-24(31-3)26(20)32-17-19-10-12-21(27)13-11-19/h4-13,15,18,28H,14,16-17H2,1-3H3,(H,29,30). The molecule has 0 radical (unpaired) electrons. The number of amides is 1. The van der Waals surface area contributed by atoms with Gasteiger partial charge >= 0.3 is 0 Å². The van der Waals surface area contributed by atoms with Crippen LogP contribution in [0.25, 0.3) is 0 Å². The van der Waals surface area contributed by atoms with Crippen LogP contribution in [0.2, 0.25) is 0 Å². The smallest absolute Gasteiger partial charge is 0.224 e. The molecule has 0 bridgehead atoms. The molecule has 3 aromatic rings. The van der Waals surface area contributed by atoms with E-state index in [-0.39, 0.29) is 11.7 Å². The van der Waals surface area contributed by atoms with Crippen molar-refractivity contribution in [1.29, 1.82) is 0 Å². The Morgan fingerprint density at radius 3 is 2.44 bits per heavy atom. The Hall–Kier alpha value is -3.54. The van der Waals surface area contributed by atoms with Crippen LogP contribution in [0.5, 0.6) is 11.5 Å². The highest BCUT2D eigenvalue weighted by Crippen LogP contribution is 2.32. The summed E-state index contributed by atoms with van der Waals surface area (Å²) in [4.78, 5) is 12.1. The van der Waals surface area contributed by atoms with Crippen LogP contribution in [0.3, 0.4) is 0 Å². The Morgan fingerprint density at radius 2 is 1.72 bits per heavy atom. The number of hydrogen-bond donors (Lipinski definition) is 2. The number of rotatable bonds is 10. The zero-order chi connectivity index (χ0) is 22.9. The molecule has 6 heteroatoms. The van der Waals surface area contributed by atoms with Gasteiger partial charge in [-0.3, -0.25) is 4.79 Å². The third kappa shape index (κ3) is 6.74. The van der Waals surface area contributed by atoms with E-state index in [1.165, 1.54) is 12.1 Å². The maximum absolute atomic E-state index is 13.2. The van der Waals surface area contributed by atoms with Crippen LogP contribution >= 0.6 is 0 Å². The van der Waals surface area contributed by atoms with Crippen molar-refractivity contribution in [3.63, 3.8) is 0 Å². The fourth-order valence-corrected chi connectivity index (χ4v) is 3.25. The third-order valence-corrected chi connectivity index (χ3v) is 4.80. The number of methoxy groups -OCH3 is 1. The Kier molecular flexibility index (Phi) is 8.08. The molecule has 5 nitrogen and oxygen atoms in total. The summed E-state index contributed by atoms with van der Waals surface area (Å²) in [6.45, 7) is 4.83. The summed E-state index contributed by atoms with van der Waals surface area (Å²) in [5, 5.41) is 6.31. The second kappa shape index (κ2) is 11.2. The highest BCUT2D eigenvalue weighted by molar-refractivity contribution is 5.91. The number of hydrogen-bond acceptors (Lipinski definition) is 4. The van der Waals surface area contributed by atoms with Gasteiger partial charge < -0.3 is 20.1 Å². The van der Waals surface area contributed by atoms with Crippen molar-refractivity contribution in [1.82, 2.24) is 0 Å². The number of para-hydroxylation sites is 1. The Balaban J connectivity index is 1.69. The molecule has 0 heterocycles. The van der Waals surface area contributed by atoms with Crippen LogP contribution in [-0.4, -0.2) is 13.0 Å². The van der Waals surface area contributed by atoms with Crippen LogP contribution in [-0.2, 0) is 17.9 Å². The molecule has 0 fully saturated rings. The Labute approximate surface area is 188 Å². The predicted molar refractivity (Wildman–Crippen MR) is 126 cm³/mol. The van der Waals surface area contributed by atoms with Gasteiger partial charge in [0, 0.05) is 29.9 Å². The zero-order valence-corrected chi connectivity index (χ0v) is 18.7. The summed E-state index contributed by atoms with van der Waals surface area (Å²) in [6, 6.07) is 19.5. The number of carbonyl (C=O) groups is 1. The van der Waals surface area contributed by atoms with E-state index in [1.54, 1.807) is 19.2 Å². The summed E-state index contributed by atoms with van der Waals surface area (Å²) in [5.74, 6) is 1.28. The molecule has 0 unspecified atom stereocenters. The van der Waals surface area contributed by atoms with Gasteiger partial charge in [-0.15, -0.1) is 0 Å². The molecule has 0 aliphatic rings. The first-order valence-electron chi connectivity index (χ1n) is 10.6. The van der Waals surface area contributed by atoms with Gasteiger partial charge in [-0.25, -0.2) is 4.39 Å². The van der Waals surface area contributed by atoms with E-state index in [1.807, 2.05) is 56.3 Å². The SMILES string of the molecule is COc1cccc(CNc2cccc(NC(=O)CC(C)C)c2)c1OCc1ccc(F)cc1. The molecule has 0 atom stereocenters. The molecular formula is C26H29FN2O3. The first kappa shape index (κ1) is 23.1. The lowest BCUT2D eigenvalue weighted by Crippen LogP contribution is -2.14. The third-order valence-electron chi connectivity index (χ3n) is 4.80. The minimum absolute atomic E-state index is 0.00132. The van der Waals surface area contributed by atoms with Crippen LogP contribution in [0.15, 0.2) is 66.7 Å². The fraction of sp³-hybridized carbons (Fsp3) is 0.269. The van der Waals surface area contributed by atoms with Crippen molar-refractivity contribution in [3.05, 3.63) is 83.7 Å². The molecule has 32 heavy (non-hydrogen) atoms. The van der Waals surface area contributed by atoms with Gasteiger partial charge in [0.25, 0.3) is 0 Å². The molecule has 0 aliphatic carbocycles. The van der Waals surface area contributed by atoms with E-state index in [4.69, 9.17) is 9.47 Å². The number of nitrogens with one attached hydrogen (secondary N) is 2. The predicted octanol–water partition coefficient (Wildman–Crippen LogP) is 6.01. The molecule has 2 N–H and O–H groups in total. The molecular weight excluding hydrogens is 407 g/mol. The van der Waals surface area contributed by atoms with E-state index in [2.05, 4.69) is 10.6 Å². The second-order valence-corrected chi connectivity index (χ2v) is 7.94. The first-order valence-corrected chi connectivity index (χ1v) is 10.6. The van der Waals surface area contributed by atoms with Gasteiger partial charge in [-0.05, 0) is 47.9 Å². The molecule has 3 aromatic carbocycles. The maximum Gasteiger partial charge on any atom is 0.224 e. The molecule has 0 aliphatic heterocycles. The average Bonchev–Trinajstić information content (AvgIpc) is 2.77. The highest BCUT2D eigenvalue weighted by atomic mass is 19.1. The maximum atomic E-state index is 13.2. The normalized spacial score (nSPS) is 10.7. The van der Waals surface area contributed by atoms with Crippen molar-refractivity contribution in [2.45, 2.75) is 33.4 Å². The van der Waals surface area contributed by atoms with Crippen molar-refractivity contribution in [2.75, 3.05) is 17.7 Å². The number of halogens is 1. The van der Waals surface area contributed by atoms with Crippen LogP contribution in [0.1, 0.15) is 31.4 Å². The lowest BCUT2D eigenvalue weighted by molar-refractivity contribution is -0.116. The average molecular weight is 437 g/mol. The van der Waals surface area contributed by atoms with Crippen LogP contribution in [0, 0.1) is 11.7 Å². The fourth-order valence-electron chi connectivity index (χ4n) is 3.25. The summed E-state index contributed by atoms with van der Waals surface area (Å²) in [5.41, 5.74) is 3.40. The Bertz CT molecular complexity index is 1040. The minimum atomic E-state index is -0.279. The highest BCUT2D eigenvalue weighted by Gasteiger charge is 2.12. The number of ether oxygens (including phenoxy) is 2. The van der Waals surface area contributed by atoms with Gasteiger partial charge in [0.15, 0.2) is 11.5 Å². The lowest BCUT2D eigenvalue weighted by Gasteiger charge is -2.16. The van der Waals surface area contributed by atoms with Gasteiger partial charge in [0.2, 0.25) is 5.91 Å². The molecule has 0 saturated heterocycles. The zero-order valence-electron chi connectivity index (χ0n) is 18.7. The van der Waals surface area contributed by atoms with E-state index in [0.29, 0.717) is 37.0 Å². The Morgan fingerprint density at radius 1 is 1.00 bits per heavy atom. The van der Waals surface area contributed by atoms with Crippen LogP contribution < -0.4 is 20.1 Å².